The quantitative estimate of drug-likeness (QED) is 0.278. The maximum Gasteiger partial charge on any atom is 0.451 e. The van der Waals surface area contributed by atoms with Crippen LogP contribution in [0.25, 0.3) is 0 Å². The molecule has 0 bridgehead atoms. The van der Waals surface area contributed by atoms with E-state index in [1.54, 1.807) is 6.20 Å². The molecule has 1 aromatic heterocycles. The molecule has 2 aromatic rings. The number of phenols is 1. The van der Waals surface area contributed by atoms with E-state index in [1.807, 2.05) is 0 Å². The number of hydrogen-bond acceptors (Lipinski definition) is 8. The third-order valence-electron chi connectivity index (χ3n) is 4.86. The Morgan fingerprint density at radius 1 is 1.37 bits per heavy atom. The number of aromatic hydroxyl groups is 1. The number of benzene rings is 1. The molecule has 0 aliphatic carbocycles. The van der Waals surface area contributed by atoms with Gasteiger partial charge in [-0.05, 0) is 24.4 Å². The number of nitrogens with one attached hydrogen (secondary N) is 1. The minimum atomic E-state index is -1.56. The molecule has 1 atom stereocenters. The normalized spacial score (nSPS) is 14.8. The van der Waals surface area contributed by atoms with E-state index >= 15 is 0 Å². The lowest BCUT2D eigenvalue weighted by Gasteiger charge is -2.40. The predicted molar refractivity (Wildman–Crippen MR) is 105 cm³/mol. The zero-order chi connectivity index (χ0) is 21.8. The van der Waals surface area contributed by atoms with E-state index in [1.165, 1.54) is 23.4 Å². The van der Waals surface area contributed by atoms with Gasteiger partial charge in [-0.2, -0.15) is 0 Å². The molecule has 1 unspecified atom stereocenters. The molecular formula is C18H23BN4O7. The van der Waals surface area contributed by atoms with Crippen LogP contribution < -0.4 is 10.5 Å². The fourth-order valence-corrected chi connectivity index (χ4v) is 3.23. The molecule has 1 aliphatic heterocycles. The molecule has 0 radical (unpaired) electrons. The molecule has 1 aliphatic rings. The van der Waals surface area contributed by atoms with Crippen molar-refractivity contribution in [2.75, 3.05) is 13.1 Å². The molecule has 3 rings (SSSR count). The van der Waals surface area contributed by atoms with Crippen LogP contribution in [-0.2, 0) is 17.6 Å². The minimum absolute atomic E-state index is 0.0220. The van der Waals surface area contributed by atoms with Gasteiger partial charge in [0.25, 0.3) is 0 Å². The van der Waals surface area contributed by atoms with Crippen molar-refractivity contribution in [2.24, 2.45) is 5.73 Å². The van der Waals surface area contributed by atoms with Crippen molar-refractivity contribution >= 4 is 19.0 Å². The van der Waals surface area contributed by atoms with Gasteiger partial charge in [0.2, 0.25) is 5.91 Å². The summed E-state index contributed by atoms with van der Waals surface area (Å²) >= 11 is 0. The highest BCUT2D eigenvalue weighted by Crippen LogP contribution is 2.34. The molecule has 30 heavy (non-hydrogen) atoms. The molecule has 0 spiro atoms. The number of aryl methyl sites for hydroxylation is 1. The van der Waals surface area contributed by atoms with E-state index < -0.39 is 36.5 Å². The van der Waals surface area contributed by atoms with Crippen LogP contribution in [0, 0.1) is 0 Å². The van der Waals surface area contributed by atoms with Crippen LogP contribution >= 0.6 is 0 Å². The molecule has 2 heterocycles. The summed E-state index contributed by atoms with van der Waals surface area (Å²) in [6.45, 7) is 0.483. The first-order chi connectivity index (χ1) is 14.3. The highest BCUT2D eigenvalue weighted by Gasteiger charge is 2.36. The number of nitrogens with two attached hydrogens (primary N) is 1. The number of H-pyrrole nitrogens is 1. The smallest absolute Gasteiger partial charge is 0.451 e. The molecule has 1 saturated heterocycles. The third-order valence-corrected chi connectivity index (χ3v) is 4.86. The van der Waals surface area contributed by atoms with Gasteiger partial charge in [0.1, 0.15) is 23.2 Å². The van der Waals surface area contributed by atoms with Gasteiger partial charge in [-0.1, -0.05) is 6.07 Å². The summed E-state index contributed by atoms with van der Waals surface area (Å²) in [6, 6.07) is 2.14. The van der Waals surface area contributed by atoms with Crippen LogP contribution in [0.3, 0.4) is 0 Å². The second-order valence-corrected chi connectivity index (χ2v) is 7.13. The Labute approximate surface area is 172 Å². The number of ether oxygens (including phenoxy) is 1. The molecule has 0 saturated carbocycles. The summed E-state index contributed by atoms with van der Waals surface area (Å²) in [6.07, 6.45) is 3.07. The monoisotopic (exact) mass is 418 g/mol. The van der Waals surface area contributed by atoms with Crippen molar-refractivity contribution in [3.8, 4) is 11.5 Å². The molecule has 1 aromatic carbocycles. The maximum atomic E-state index is 12.4. The zero-order valence-electron chi connectivity index (χ0n) is 16.1. The van der Waals surface area contributed by atoms with Crippen LogP contribution in [0.15, 0.2) is 24.7 Å². The lowest BCUT2D eigenvalue weighted by Crippen LogP contribution is -2.60. The van der Waals surface area contributed by atoms with Crippen molar-refractivity contribution in [3.05, 3.63) is 41.5 Å². The molecule has 12 heteroatoms. The Morgan fingerprint density at radius 2 is 2.10 bits per heavy atom. The second-order valence-electron chi connectivity index (χ2n) is 7.13. The summed E-state index contributed by atoms with van der Waals surface area (Å²) in [4.78, 5) is 32.3. The molecule has 11 nitrogen and oxygen atoms in total. The van der Waals surface area contributed by atoms with Crippen molar-refractivity contribution in [1.82, 2.24) is 14.9 Å². The summed E-state index contributed by atoms with van der Waals surface area (Å²) < 4.78 is 5.68. The van der Waals surface area contributed by atoms with Gasteiger partial charge in [-0.15, -0.1) is 0 Å². The molecule has 1 fully saturated rings. The number of carboxylic acids is 1. The van der Waals surface area contributed by atoms with Crippen LogP contribution in [0.1, 0.15) is 21.6 Å². The van der Waals surface area contributed by atoms with Crippen molar-refractivity contribution < 1.29 is 34.6 Å². The van der Waals surface area contributed by atoms with Gasteiger partial charge < -0.3 is 40.6 Å². The van der Waals surface area contributed by atoms with E-state index in [4.69, 9.17) is 20.5 Å². The fraction of sp³-hybridized carbons (Fsp3) is 0.389. The average Bonchev–Trinajstić information content (AvgIpc) is 3.15. The van der Waals surface area contributed by atoms with Gasteiger partial charge in [-0.25, -0.2) is 9.78 Å². The number of amides is 1. The number of carbonyl (C=O) groups is 2. The molecule has 160 valence electrons. The highest BCUT2D eigenvalue weighted by atomic mass is 16.5. The summed E-state index contributed by atoms with van der Waals surface area (Å²) in [7, 11) is -1.56. The Morgan fingerprint density at radius 3 is 2.70 bits per heavy atom. The fourth-order valence-electron chi connectivity index (χ4n) is 3.23. The topological polar surface area (TPSA) is 182 Å². The Balaban J connectivity index is 1.60. The lowest BCUT2D eigenvalue weighted by atomic mass is 9.82. The van der Waals surface area contributed by atoms with E-state index in [9.17, 15) is 19.8 Å². The molecule has 1 amide bonds. The van der Waals surface area contributed by atoms with Crippen molar-refractivity contribution in [1.29, 1.82) is 0 Å². The van der Waals surface area contributed by atoms with Gasteiger partial charge in [-0.3, -0.25) is 4.79 Å². The summed E-state index contributed by atoms with van der Waals surface area (Å²) in [5.41, 5.74) is 6.48. The number of aromatic amines is 1. The standard InChI is InChI=1S/C18H23BN4O7/c20-13(5-11-6-21-9-22-11)17(25)23-7-12(8-23)30-14-2-1-10(3-4-19(28)29)16(24)15(14)18(26)27/h1-2,6,9,12-13,24,28-29H,3-5,7-8,20H2,(H,21,22)(H,26,27). The van der Waals surface area contributed by atoms with Crippen LogP contribution in [0.2, 0.25) is 6.32 Å². The van der Waals surface area contributed by atoms with E-state index in [2.05, 4.69) is 9.97 Å². The number of imidazole rings is 1. The van der Waals surface area contributed by atoms with Crippen molar-refractivity contribution in [2.45, 2.75) is 31.3 Å². The summed E-state index contributed by atoms with van der Waals surface area (Å²) in [5, 5.41) is 37.7. The SMILES string of the molecule is NC(Cc1c[nH]cn1)C(=O)N1CC(Oc2ccc(CCB(O)O)c(O)c2C(=O)O)C1. The number of aromatic carboxylic acids is 1. The number of carboxylic acid groups (broad SMARTS) is 1. The highest BCUT2D eigenvalue weighted by molar-refractivity contribution is 6.41. The molecule has 7 N–H and O–H groups in total. The van der Waals surface area contributed by atoms with E-state index in [0.717, 1.165) is 0 Å². The minimum Gasteiger partial charge on any atom is -0.507 e. The third kappa shape index (κ3) is 4.90. The first kappa shape index (κ1) is 21.6. The Bertz CT molecular complexity index is 900. The van der Waals surface area contributed by atoms with Gasteiger partial charge in [0, 0.05) is 12.6 Å². The number of nitrogens with zero attached hydrogens (tertiary/aromatic N) is 2. The van der Waals surface area contributed by atoms with Crippen LogP contribution in [0.5, 0.6) is 11.5 Å². The number of carbonyl (C=O) groups excluding carboxylic acids is 1. The Hall–Kier alpha value is -3.09. The maximum absolute atomic E-state index is 12.4. The lowest BCUT2D eigenvalue weighted by molar-refractivity contribution is -0.141. The first-order valence-electron chi connectivity index (χ1n) is 9.39. The van der Waals surface area contributed by atoms with Gasteiger partial charge in [0.15, 0.2) is 0 Å². The number of aromatic nitrogens is 2. The number of hydrogen-bond donors (Lipinski definition) is 6. The van der Waals surface area contributed by atoms with E-state index in [0.29, 0.717) is 12.1 Å². The van der Waals surface area contributed by atoms with Crippen molar-refractivity contribution in [3.63, 3.8) is 0 Å². The van der Waals surface area contributed by atoms with Gasteiger partial charge >= 0.3 is 13.1 Å². The van der Waals surface area contributed by atoms with E-state index in [-0.39, 0.29) is 43.1 Å². The van der Waals surface area contributed by atoms with Gasteiger partial charge in [0.05, 0.1) is 31.2 Å². The largest absolute Gasteiger partial charge is 0.507 e. The Kier molecular flexibility index (Phi) is 6.60. The molecular weight excluding hydrogens is 395 g/mol. The van der Waals surface area contributed by atoms with Crippen LogP contribution in [-0.4, -0.2) is 79.4 Å². The zero-order valence-corrected chi connectivity index (χ0v) is 16.1. The predicted octanol–water partition coefficient (Wildman–Crippen LogP) is -1.01. The first-order valence-corrected chi connectivity index (χ1v) is 9.39. The summed E-state index contributed by atoms with van der Waals surface area (Å²) in [5.74, 6) is -2.13. The second kappa shape index (κ2) is 9.16. The average molecular weight is 418 g/mol. The van der Waals surface area contributed by atoms with Crippen LogP contribution in [0.4, 0.5) is 0 Å². The number of likely N-dealkylation sites (tertiary alicyclic amines) is 1. The number of rotatable bonds is 9.